The fourth-order valence-electron chi connectivity index (χ4n) is 2.07. The molecule has 0 aliphatic carbocycles. The summed E-state index contributed by atoms with van der Waals surface area (Å²) in [5.41, 5.74) is 2.89. The third-order valence-electron chi connectivity index (χ3n) is 3.12. The highest BCUT2D eigenvalue weighted by molar-refractivity contribution is 9.10. The first kappa shape index (κ1) is 15.5. The van der Waals surface area contributed by atoms with Gasteiger partial charge in [-0.15, -0.1) is 0 Å². The second kappa shape index (κ2) is 6.82. The van der Waals surface area contributed by atoms with E-state index in [-0.39, 0.29) is 0 Å². The summed E-state index contributed by atoms with van der Waals surface area (Å²) < 4.78 is 3.99. The van der Waals surface area contributed by atoms with Crippen LogP contribution in [0, 0.1) is 0 Å². The number of benzene rings is 2. The molecule has 0 spiro atoms. The van der Waals surface area contributed by atoms with Crippen molar-refractivity contribution in [2.24, 2.45) is 4.99 Å². The normalized spacial score (nSPS) is 11.2. The molecule has 22 heavy (non-hydrogen) atoms. The summed E-state index contributed by atoms with van der Waals surface area (Å²) in [6.07, 6.45) is 3.85. The molecule has 2 aromatic carbocycles. The summed E-state index contributed by atoms with van der Waals surface area (Å²) in [7, 11) is 0. The first-order valence-electron chi connectivity index (χ1n) is 6.56. The monoisotopic (exact) mass is 436 g/mol. The van der Waals surface area contributed by atoms with Gasteiger partial charge in [0.1, 0.15) is 0 Å². The summed E-state index contributed by atoms with van der Waals surface area (Å²) in [5, 5.41) is 0.650. The van der Waals surface area contributed by atoms with E-state index in [9.17, 15) is 0 Å². The van der Waals surface area contributed by atoms with E-state index in [4.69, 9.17) is 11.6 Å². The van der Waals surface area contributed by atoms with Crippen molar-refractivity contribution >= 4 is 55.4 Å². The number of aromatic nitrogens is 1. The van der Waals surface area contributed by atoms with Crippen LogP contribution in [0.15, 0.2) is 74.7 Å². The van der Waals surface area contributed by atoms with Crippen LogP contribution in [0.3, 0.4) is 0 Å². The number of hydrogen-bond donors (Lipinski definition) is 0. The van der Waals surface area contributed by atoms with Gasteiger partial charge in [-0.3, -0.25) is 4.99 Å². The van der Waals surface area contributed by atoms with Crippen molar-refractivity contribution in [2.75, 3.05) is 0 Å². The van der Waals surface area contributed by atoms with E-state index < -0.39 is 0 Å². The molecule has 0 amide bonds. The van der Waals surface area contributed by atoms with Crippen LogP contribution < -0.4 is 0 Å². The molecule has 2 nitrogen and oxygen atoms in total. The quantitative estimate of drug-likeness (QED) is 0.421. The summed E-state index contributed by atoms with van der Waals surface area (Å²) in [5.74, 6) is 0. The molecule has 0 unspecified atom stereocenters. The van der Waals surface area contributed by atoms with Crippen molar-refractivity contribution in [2.45, 2.75) is 0 Å². The van der Waals surface area contributed by atoms with E-state index in [1.54, 1.807) is 0 Å². The molecule has 0 bridgehead atoms. The van der Waals surface area contributed by atoms with Gasteiger partial charge in [-0.05, 0) is 64.5 Å². The molecule has 0 aliphatic rings. The molecule has 3 rings (SSSR count). The molecular weight excluding hydrogens is 427 g/mol. The topological polar surface area (TPSA) is 17.3 Å². The number of hydrogen-bond acceptors (Lipinski definition) is 1. The van der Waals surface area contributed by atoms with Crippen molar-refractivity contribution in [3.63, 3.8) is 0 Å². The highest BCUT2D eigenvalue weighted by Crippen LogP contribution is 2.27. The van der Waals surface area contributed by atoms with Gasteiger partial charge in [0.2, 0.25) is 0 Å². The Morgan fingerprint density at radius 3 is 2.64 bits per heavy atom. The van der Waals surface area contributed by atoms with Crippen LogP contribution >= 0.6 is 43.5 Å². The van der Waals surface area contributed by atoms with Gasteiger partial charge in [0.15, 0.2) is 0 Å². The van der Waals surface area contributed by atoms with Gasteiger partial charge in [-0.1, -0.05) is 33.6 Å². The molecule has 0 fully saturated rings. The molecular formula is C17H11Br2ClN2. The van der Waals surface area contributed by atoms with Crippen molar-refractivity contribution in [1.29, 1.82) is 0 Å². The van der Waals surface area contributed by atoms with E-state index >= 15 is 0 Å². The molecule has 0 radical (unpaired) electrons. The van der Waals surface area contributed by atoms with Crippen molar-refractivity contribution < 1.29 is 0 Å². The highest BCUT2D eigenvalue weighted by atomic mass is 79.9. The molecule has 0 N–H and O–H groups in total. The molecule has 1 aromatic heterocycles. The minimum absolute atomic E-state index is 0.650. The summed E-state index contributed by atoms with van der Waals surface area (Å²) in [4.78, 5) is 4.50. The maximum atomic E-state index is 6.09. The van der Waals surface area contributed by atoms with Gasteiger partial charge >= 0.3 is 0 Å². The Morgan fingerprint density at radius 2 is 1.86 bits per heavy atom. The Labute approximate surface area is 150 Å². The van der Waals surface area contributed by atoms with E-state index in [0.717, 1.165) is 26.0 Å². The lowest BCUT2D eigenvalue weighted by Crippen LogP contribution is -1.97. The van der Waals surface area contributed by atoms with Crippen LogP contribution in [0.4, 0.5) is 5.69 Å². The van der Waals surface area contributed by atoms with Crippen LogP contribution in [-0.4, -0.2) is 10.8 Å². The minimum atomic E-state index is 0.650. The second-order valence-electron chi connectivity index (χ2n) is 4.64. The third kappa shape index (κ3) is 3.51. The van der Waals surface area contributed by atoms with E-state index in [1.807, 2.05) is 54.9 Å². The molecule has 0 saturated heterocycles. The van der Waals surface area contributed by atoms with Crippen molar-refractivity contribution in [3.05, 3.63) is 80.5 Å². The number of nitrogens with zero attached hydrogens (tertiary/aromatic N) is 2. The Bertz CT molecular complexity index is 840. The highest BCUT2D eigenvalue weighted by Gasteiger charge is 2.02. The molecule has 1 heterocycles. The van der Waals surface area contributed by atoms with Crippen LogP contribution in [0.5, 0.6) is 0 Å². The lowest BCUT2D eigenvalue weighted by molar-refractivity contribution is 1.07. The van der Waals surface area contributed by atoms with Gasteiger partial charge in [-0.2, -0.15) is 0 Å². The van der Waals surface area contributed by atoms with Crippen molar-refractivity contribution in [3.8, 4) is 5.69 Å². The average Bonchev–Trinajstić information content (AvgIpc) is 2.97. The zero-order valence-electron chi connectivity index (χ0n) is 11.4. The van der Waals surface area contributed by atoms with Gasteiger partial charge in [0.25, 0.3) is 0 Å². The first-order chi connectivity index (χ1) is 10.6. The zero-order valence-corrected chi connectivity index (χ0v) is 15.3. The summed E-state index contributed by atoms with van der Waals surface area (Å²) >= 11 is 13.0. The zero-order chi connectivity index (χ0) is 15.5. The fourth-order valence-corrected chi connectivity index (χ4v) is 2.87. The molecule has 0 atom stereocenters. The lowest BCUT2D eigenvalue weighted by atomic mass is 10.3. The third-order valence-corrected chi connectivity index (χ3v) is 4.84. The Balaban J connectivity index is 1.92. The van der Waals surface area contributed by atoms with Gasteiger partial charge in [-0.25, -0.2) is 0 Å². The molecule has 0 saturated carbocycles. The largest absolute Gasteiger partial charge is 0.316 e. The first-order valence-corrected chi connectivity index (χ1v) is 8.52. The van der Waals surface area contributed by atoms with Gasteiger partial charge < -0.3 is 4.57 Å². The molecule has 0 aliphatic heterocycles. The van der Waals surface area contributed by atoms with Crippen LogP contribution in [0.25, 0.3) is 5.69 Å². The Hall–Kier alpha value is -1.36. The Morgan fingerprint density at radius 1 is 1.00 bits per heavy atom. The SMILES string of the molecule is Clc1cc(N=Cc2cccn2-c2cccc(Br)c2)ccc1Br. The molecule has 110 valence electrons. The average molecular weight is 439 g/mol. The van der Waals surface area contributed by atoms with E-state index in [0.29, 0.717) is 5.02 Å². The standard InChI is InChI=1S/C17H11Br2ClN2/c18-12-3-1-4-14(9-12)22-8-2-5-15(22)11-21-13-6-7-16(19)17(20)10-13/h1-11H. The number of rotatable bonds is 3. The van der Waals surface area contributed by atoms with E-state index in [1.165, 1.54) is 0 Å². The molecule has 3 aromatic rings. The van der Waals surface area contributed by atoms with Crippen LogP contribution in [0.1, 0.15) is 5.69 Å². The number of halogens is 3. The lowest BCUT2D eigenvalue weighted by Gasteiger charge is -2.06. The fraction of sp³-hybridized carbons (Fsp3) is 0. The van der Waals surface area contributed by atoms with Gasteiger partial charge in [0.05, 0.1) is 22.6 Å². The molecule has 5 heteroatoms. The minimum Gasteiger partial charge on any atom is -0.316 e. The van der Waals surface area contributed by atoms with Gasteiger partial charge in [0, 0.05) is 20.8 Å². The van der Waals surface area contributed by atoms with Crippen LogP contribution in [-0.2, 0) is 0 Å². The van der Waals surface area contributed by atoms with Crippen molar-refractivity contribution in [1.82, 2.24) is 4.57 Å². The second-order valence-corrected chi connectivity index (χ2v) is 6.82. The van der Waals surface area contributed by atoms with E-state index in [2.05, 4.69) is 53.6 Å². The summed E-state index contributed by atoms with van der Waals surface area (Å²) in [6.45, 7) is 0. The maximum absolute atomic E-state index is 6.09. The summed E-state index contributed by atoms with van der Waals surface area (Å²) in [6, 6.07) is 17.8. The predicted molar refractivity (Wildman–Crippen MR) is 99.9 cm³/mol. The predicted octanol–water partition coefficient (Wildman–Crippen LogP) is 6.41. The maximum Gasteiger partial charge on any atom is 0.0646 e. The smallest absolute Gasteiger partial charge is 0.0646 e. The number of aliphatic imine (C=N–C) groups is 1. The van der Waals surface area contributed by atoms with Crippen LogP contribution in [0.2, 0.25) is 5.02 Å². The Kier molecular flexibility index (Phi) is 4.81.